The molecule has 1 aromatic heterocycles. The van der Waals surface area contributed by atoms with Gasteiger partial charge in [0, 0.05) is 11.3 Å². The van der Waals surface area contributed by atoms with Crippen molar-refractivity contribution in [3.05, 3.63) is 60.5 Å². The van der Waals surface area contributed by atoms with Crippen LogP contribution in [0.15, 0.2) is 59.0 Å². The second kappa shape index (κ2) is 13.8. The molecule has 0 spiro atoms. The lowest BCUT2D eigenvalue weighted by Gasteiger charge is -2.17. The predicted molar refractivity (Wildman–Crippen MR) is 130 cm³/mol. The Balaban J connectivity index is 1.34. The minimum absolute atomic E-state index is 0.534. The molecule has 32 heavy (non-hydrogen) atoms. The summed E-state index contributed by atoms with van der Waals surface area (Å²) in [7, 11) is 0. The van der Waals surface area contributed by atoms with Gasteiger partial charge in [-0.25, -0.2) is 0 Å². The average molecular weight is 456 g/mol. The van der Waals surface area contributed by atoms with Crippen LogP contribution in [0.2, 0.25) is 0 Å². The van der Waals surface area contributed by atoms with Crippen molar-refractivity contribution in [2.45, 2.75) is 32.4 Å². The van der Waals surface area contributed by atoms with Crippen LogP contribution in [0.25, 0.3) is 11.5 Å². The maximum atomic E-state index is 5.86. The normalized spacial score (nSPS) is 11.1. The molecule has 0 radical (unpaired) electrons. The second-order valence-electron chi connectivity index (χ2n) is 7.32. The van der Waals surface area contributed by atoms with Gasteiger partial charge in [-0.05, 0) is 68.9 Å². The van der Waals surface area contributed by atoms with Crippen molar-refractivity contribution in [2.75, 3.05) is 38.6 Å². The summed E-state index contributed by atoms with van der Waals surface area (Å²) >= 11 is 1.71. The molecule has 0 saturated heterocycles. The first-order valence-corrected chi connectivity index (χ1v) is 12.5. The third-order valence-electron chi connectivity index (χ3n) is 5.07. The first-order chi connectivity index (χ1) is 15.8. The van der Waals surface area contributed by atoms with Crippen molar-refractivity contribution in [2.24, 2.45) is 0 Å². The number of rotatable bonds is 15. The fourth-order valence-electron chi connectivity index (χ4n) is 3.18. The van der Waals surface area contributed by atoms with E-state index < -0.39 is 0 Å². The number of ether oxygens (including phenoxy) is 2. The van der Waals surface area contributed by atoms with Crippen molar-refractivity contribution in [1.82, 2.24) is 15.1 Å². The highest BCUT2D eigenvalue weighted by molar-refractivity contribution is 7.98. The van der Waals surface area contributed by atoms with Crippen molar-refractivity contribution in [3.8, 4) is 23.0 Å². The lowest BCUT2D eigenvalue weighted by atomic mass is 10.2. The molecular weight excluding hydrogens is 422 g/mol. The van der Waals surface area contributed by atoms with Crippen LogP contribution in [0.3, 0.4) is 0 Å². The second-order valence-corrected chi connectivity index (χ2v) is 8.43. The Bertz CT molecular complexity index is 883. The molecule has 0 amide bonds. The summed E-state index contributed by atoms with van der Waals surface area (Å²) < 4.78 is 17.4. The maximum absolute atomic E-state index is 5.86. The van der Waals surface area contributed by atoms with E-state index in [-0.39, 0.29) is 0 Å². The third-order valence-corrected chi connectivity index (χ3v) is 5.97. The summed E-state index contributed by atoms with van der Waals surface area (Å²) in [6.07, 6.45) is 2.21. The van der Waals surface area contributed by atoms with E-state index >= 15 is 0 Å². The molecule has 0 aliphatic rings. The molecule has 3 aromatic rings. The molecule has 6 nitrogen and oxygen atoms in total. The highest BCUT2D eigenvalue weighted by Gasteiger charge is 2.09. The molecule has 0 unspecified atom stereocenters. The Morgan fingerprint density at radius 3 is 2.31 bits per heavy atom. The largest absolute Gasteiger partial charge is 0.494 e. The molecule has 0 fully saturated rings. The highest BCUT2D eigenvalue weighted by Crippen LogP contribution is 2.23. The van der Waals surface area contributed by atoms with Gasteiger partial charge in [0.1, 0.15) is 11.5 Å². The lowest BCUT2D eigenvalue weighted by molar-refractivity contribution is 0.266. The molecule has 0 N–H and O–H groups in total. The summed E-state index contributed by atoms with van der Waals surface area (Å²) in [5, 5.41) is 8.33. The minimum Gasteiger partial charge on any atom is -0.494 e. The zero-order valence-electron chi connectivity index (χ0n) is 19.0. The van der Waals surface area contributed by atoms with Gasteiger partial charge in [0.2, 0.25) is 11.8 Å². The van der Waals surface area contributed by atoms with Gasteiger partial charge in [0.15, 0.2) is 0 Å². The zero-order valence-corrected chi connectivity index (χ0v) is 19.9. The smallest absolute Gasteiger partial charge is 0.247 e. The number of thioether (sulfide) groups is 1. The predicted octanol–water partition coefficient (Wildman–Crippen LogP) is 5.55. The molecule has 3 rings (SSSR count). The minimum atomic E-state index is 0.534. The topological polar surface area (TPSA) is 60.6 Å². The molecule has 2 aromatic carbocycles. The van der Waals surface area contributed by atoms with Crippen LogP contribution in [0.4, 0.5) is 0 Å². The number of unbranched alkanes of at least 4 members (excludes halogenated alkanes) is 1. The van der Waals surface area contributed by atoms with E-state index in [1.54, 1.807) is 11.8 Å². The maximum Gasteiger partial charge on any atom is 0.247 e. The van der Waals surface area contributed by atoms with Gasteiger partial charge in [-0.3, -0.25) is 0 Å². The average Bonchev–Trinajstić information content (AvgIpc) is 3.31. The van der Waals surface area contributed by atoms with Gasteiger partial charge < -0.3 is 18.8 Å². The molecule has 0 aliphatic carbocycles. The summed E-state index contributed by atoms with van der Waals surface area (Å²) in [6, 6.07) is 17.7. The van der Waals surface area contributed by atoms with Crippen molar-refractivity contribution in [3.63, 3.8) is 0 Å². The van der Waals surface area contributed by atoms with E-state index in [9.17, 15) is 0 Å². The Morgan fingerprint density at radius 2 is 1.56 bits per heavy atom. The Morgan fingerprint density at radius 1 is 0.844 bits per heavy atom. The number of aromatic nitrogens is 2. The van der Waals surface area contributed by atoms with Gasteiger partial charge in [0.25, 0.3) is 0 Å². The van der Waals surface area contributed by atoms with Crippen LogP contribution in [0.1, 0.15) is 32.6 Å². The first kappa shape index (κ1) is 24.1. The van der Waals surface area contributed by atoms with Crippen LogP contribution >= 0.6 is 11.8 Å². The summed E-state index contributed by atoms with van der Waals surface area (Å²) in [4.78, 5) is 2.43. The fraction of sp³-hybridized carbons (Fsp3) is 0.440. The summed E-state index contributed by atoms with van der Waals surface area (Å²) in [6.45, 7) is 9.13. The van der Waals surface area contributed by atoms with E-state index in [1.165, 1.54) is 0 Å². The van der Waals surface area contributed by atoms with E-state index in [0.29, 0.717) is 24.1 Å². The molecule has 172 valence electrons. The third kappa shape index (κ3) is 8.20. The molecule has 0 aliphatic heterocycles. The van der Waals surface area contributed by atoms with Crippen molar-refractivity contribution >= 4 is 11.8 Å². The van der Waals surface area contributed by atoms with Gasteiger partial charge >= 0.3 is 0 Å². The van der Waals surface area contributed by atoms with E-state index in [1.807, 2.05) is 54.6 Å². The molecule has 7 heteroatoms. The van der Waals surface area contributed by atoms with E-state index in [2.05, 4.69) is 28.9 Å². The molecular formula is C25H33N3O3S. The SMILES string of the molecule is CCN(CC)CCCCOc1ccc(-c2nnc(CSCCOc3ccccc3)o2)cc1. The number of hydrogen-bond donors (Lipinski definition) is 0. The van der Waals surface area contributed by atoms with Crippen LogP contribution in [0.5, 0.6) is 11.5 Å². The number of nitrogens with zero attached hydrogens (tertiary/aromatic N) is 3. The Hall–Kier alpha value is -2.51. The number of benzene rings is 2. The van der Waals surface area contributed by atoms with Gasteiger partial charge in [-0.2, -0.15) is 0 Å². The van der Waals surface area contributed by atoms with E-state index in [0.717, 1.165) is 61.9 Å². The molecule has 0 saturated carbocycles. The zero-order chi connectivity index (χ0) is 22.4. The van der Waals surface area contributed by atoms with Crippen LogP contribution < -0.4 is 9.47 Å². The Labute approximate surface area is 195 Å². The van der Waals surface area contributed by atoms with Crippen LogP contribution in [-0.4, -0.2) is 53.7 Å². The Kier molecular flexibility index (Phi) is 10.4. The molecule has 1 heterocycles. The lowest BCUT2D eigenvalue weighted by Crippen LogP contribution is -2.24. The van der Waals surface area contributed by atoms with Gasteiger partial charge in [0.05, 0.1) is 19.0 Å². The standard InChI is InChI=1S/C25H33N3O3S/c1-3-28(4-2)16-8-9-17-29-23-14-12-21(13-15-23)25-27-26-24(31-25)20-32-19-18-30-22-10-6-5-7-11-22/h5-7,10-15H,3-4,8-9,16-20H2,1-2H3. The molecule has 0 bridgehead atoms. The first-order valence-electron chi connectivity index (χ1n) is 11.3. The number of hydrogen-bond acceptors (Lipinski definition) is 7. The van der Waals surface area contributed by atoms with Crippen LogP contribution in [0, 0.1) is 0 Å². The van der Waals surface area contributed by atoms with Gasteiger partial charge in [-0.1, -0.05) is 32.0 Å². The van der Waals surface area contributed by atoms with Gasteiger partial charge in [-0.15, -0.1) is 22.0 Å². The van der Waals surface area contributed by atoms with Crippen molar-refractivity contribution in [1.29, 1.82) is 0 Å². The molecule has 0 atom stereocenters. The highest BCUT2D eigenvalue weighted by atomic mass is 32.2. The summed E-state index contributed by atoms with van der Waals surface area (Å²) in [5.41, 5.74) is 0.898. The number of para-hydroxylation sites is 1. The monoisotopic (exact) mass is 455 g/mol. The van der Waals surface area contributed by atoms with Crippen molar-refractivity contribution < 1.29 is 13.9 Å². The quantitative estimate of drug-likeness (QED) is 0.278. The summed E-state index contributed by atoms with van der Waals surface area (Å²) in [5.74, 6) is 4.43. The van der Waals surface area contributed by atoms with E-state index in [4.69, 9.17) is 13.9 Å². The fourth-order valence-corrected chi connectivity index (χ4v) is 3.82. The van der Waals surface area contributed by atoms with Crippen LogP contribution in [-0.2, 0) is 5.75 Å².